The van der Waals surface area contributed by atoms with Crippen LogP contribution in [-0.4, -0.2) is 47.1 Å². The van der Waals surface area contributed by atoms with E-state index in [1.165, 1.54) is 0 Å². The minimum Gasteiger partial charge on any atom is -0.378 e. The number of hydrogen-bond donors (Lipinski definition) is 1. The summed E-state index contributed by atoms with van der Waals surface area (Å²) in [7, 11) is 0. The van der Waals surface area contributed by atoms with Crippen LogP contribution in [0.15, 0.2) is 47.8 Å². The Morgan fingerprint density at radius 1 is 1.18 bits per heavy atom. The van der Waals surface area contributed by atoms with Crippen molar-refractivity contribution in [1.82, 2.24) is 14.9 Å². The highest BCUT2D eigenvalue weighted by atomic mass is 32.1. The Bertz CT molecular complexity index is 936. The van der Waals surface area contributed by atoms with Gasteiger partial charge in [0.1, 0.15) is 5.82 Å². The molecule has 0 bridgehead atoms. The molecule has 0 unspecified atom stereocenters. The third-order valence-electron chi connectivity index (χ3n) is 4.54. The van der Waals surface area contributed by atoms with Crippen molar-refractivity contribution in [2.24, 2.45) is 0 Å². The third-order valence-corrected chi connectivity index (χ3v) is 5.41. The molecule has 3 aromatic rings. The Balaban J connectivity index is 1.42. The van der Waals surface area contributed by atoms with Gasteiger partial charge < -0.3 is 15.0 Å². The molecule has 0 saturated carbocycles. The number of carbonyl (C=O) groups excluding carboxylic acids is 1. The molecule has 0 radical (unpaired) electrons. The molecule has 1 aliphatic heterocycles. The smallest absolute Gasteiger partial charge is 0.227 e. The second-order valence-electron chi connectivity index (χ2n) is 6.69. The molecule has 1 aliphatic rings. The number of benzene rings is 1. The molecule has 1 amide bonds. The first-order chi connectivity index (χ1) is 13.7. The first kappa shape index (κ1) is 18.6. The van der Waals surface area contributed by atoms with E-state index in [-0.39, 0.29) is 5.91 Å². The fourth-order valence-electron chi connectivity index (χ4n) is 3.10. The Kier molecular flexibility index (Phi) is 5.64. The summed E-state index contributed by atoms with van der Waals surface area (Å²) in [6, 6.07) is 13.9. The van der Waals surface area contributed by atoms with Crippen LogP contribution in [0.25, 0.3) is 10.7 Å². The average Bonchev–Trinajstić information content (AvgIpc) is 3.25. The summed E-state index contributed by atoms with van der Waals surface area (Å²) in [6.07, 6.45) is 0.412. The number of amides is 1. The lowest BCUT2D eigenvalue weighted by Gasteiger charge is -2.26. The van der Waals surface area contributed by atoms with Crippen LogP contribution in [0, 0.1) is 6.92 Å². The van der Waals surface area contributed by atoms with Crippen LogP contribution in [-0.2, 0) is 16.0 Å². The number of aromatic nitrogens is 2. The van der Waals surface area contributed by atoms with Gasteiger partial charge in [-0.15, -0.1) is 11.3 Å². The van der Waals surface area contributed by atoms with Gasteiger partial charge in [-0.05, 0) is 36.1 Å². The predicted molar refractivity (Wildman–Crippen MR) is 111 cm³/mol. The van der Waals surface area contributed by atoms with Crippen LogP contribution in [0.5, 0.6) is 0 Å². The second-order valence-corrected chi connectivity index (χ2v) is 7.64. The Morgan fingerprint density at radius 2 is 1.96 bits per heavy atom. The first-order valence-electron chi connectivity index (χ1n) is 9.28. The molecular weight excluding hydrogens is 372 g/mol. The highest BCUT2D eigenvalue weighted by molar-refractivity contribution is 7.13. The Labute approximate surface area is 168 Å². The van der Waals surface area contributed by atoms with E-state index in [9.17, 15) is 4.79 Å². The monoisotopic (exact) mass is 394 g/mol. The van der Waals surface area contributed by atoms with Crippen LogP contribution >= 0.6 is 11.3 Å². The van der Waals surface area contributed by atoms with Crippen molar-refractivity contribution in [3.8, 4) is 10.7 Å². The first-order valence-corrected chi connectivity index (χ1v) is 10.2. The van der Waals surface area contributed by atoms with E-state index >= 15 is 0 Å². The van der Waals surface area contributed by atoms with Crippen molar-refractivity contribution in [2.75, 3.05) is 31.6 Å². The molecule has 7 heteroatoms. The van der Waals surface area contributed by atoms with E-state index < -0.39 is 0 Å². The van der Waals surface area contributed by atoms with E-state index in [1.807, 2.05) is 59.7 Å². The number of nitrogens with zero attached hydrogens (tertiary/aromatic N) is 3. The van der Waals surface area contributed by atoms with E-state index in [2.05, 4.69) is 15.3 Å². The van der Waals surface area contributed by atoms with Gasteiger partial charge in [-0.2, -0.15) is 0 Å². The second kappa shape index (κ2) is 8.50. The van der Waals surface area contributed by atoms with Crippen molar-refractivity contribution >= 4 is 28.7 Å². The van der Waals surface area contributed by atoms with Crippen molar-refractivity contribution in [1.29, 1.82) is 0 Å². The molecule has 3 heterocycles. The molecule has 6 nitrogen and oxygen atoms in total. The third kappa shape index (κ3) is 4.55. The van der Waals surface area contributed by atoms with Crippen LogP contribution in [0.1, 0.15) is 11.3 Å². The Hall–Kier alpha value is -2.77. The van der Waals surface area contributed by atoms with Gasteiger partial charge >= 0.3 is 0 Å². The number of aryl methyl sites for hydroxylation is 1. The fourth-order valence-corrected chi connectivity index (χ4v) is 3.76. The number of rotatable bonds is 5. The molecule has 1 aromatic carbocycles. The molecule has 1 N–H and O–H groups in total. The zero-order valence-corrected chi connectivity index (χ0v) is 16.5. The summed E-state index contributed by atoms with van der Waals surface area (Å²) in [5.74, 6) is 1.63. The lowest BCUT2D eigenvalue weighted by Crippen LogP contribution is -2.41. The molecule has 28 heavy (non-hydrogen) atoms. The molecule has 0 spiro atoms. The number of thiophene rings is 1. The van der Waals surface area contributed by atoms with Gasteiger partial charge in [0.15, 0.2) is 5.82 Å². The highest BCUT2D eigenvalue weighted by Crippen LogP contribution is 2.24. The lowest BCUT2D eigenvalue weighted by molar-refractivity contribution is -0.134. The largest absolute Gasteiger partial charge is 0.378 e. The summed E-state index contributed by atoms with van der Waals surface area (Å²) >= 11 is 1.62. The molecule has 2 aromatic heterocycles. The van der Waals surface area contributed by atoms with Gasteiger partial charge in [0, 0.05) is 30.5 Å². The molecule has 1 fully saturated rings. The molecule has 0 aliphatic carbocycles. The summed E-state index contributed by atoms with van der Waals surface area (Å²) in [4.78, 5) is 24.4. The molecule has 1 saturated heterocycles. The topological polar surface area (TPSA) is 67.4 Å². The number of anilines is 2. The van der Waals surface area contributed by atoms with Gasteiger partial charge in [0.25, 0.3) is 0 Å². The van der Waals surface area contributed by atoms with Crippen LogP contribution in [0.4, 0.5) is 11.5 Å². The minimum atomic E-state index is 0.149. The zero-order chi connectivity index (χ0) is 19.3. The summed E-state index contributed by atoms with van der Waals surface area (Å²) in [5, 5.41) is 5.35. The maximum Gasteiger partial charge on any atom is 0.227 e. The summed E-state index contributed by atoms with van der Waals surface area (Å²) in [6.45, 7) is 4.57. The maximum absolute atomic E-state index is 12.4. The van der Waals surface area contributed by atoms with E-state index in [1.54, 1.807) is 11.3 Å². The van der Waals surface area contributed by atoms with Gasteiger partial charge in [-0.1, -0.05) is 18.2 Å². The molecule has 4 rings (SSSR count). The zero-order valence-electron chi connectivity index (χ0n) is 15.7. The van der Waals surface area contributed by atoms with E-state index in [4.69, 9.17) is 4.74 Å². The van der Waals surface area contributed by atoms with Crippen molar-refractivity contribution in [3.05, 3.63) is 59.1 Å². The van der Waals surface area contributed by atoms with Gasteiger partial charge in [-0.25, -0.2) is 9.97 Å². The number of morpholine rings is 1. The lowest BCUT2D eigenvalue weighted by atomic mass is 10.1. The van der Waals surface area contributed by atoms with Crippen molar-refractivity contribution < 1.29 is 9.53 Å². The number of ether oxygens (including phenoxy) is 1. The Morgan fingerprint density at radius 3 is 2.68 bits per heavy atom. The summed E-state index contributed by atoms with van der Waals surface area (Å²) < 4.78 is 5.30. The number of nitrogens with one attached hydrogen (secondary N) is 1. The fraction of sp³-hybridized carbons (Fsp3) is 0.286. The van der Waals surface area contributed by atoms with Crippen molar-refractivity contribution in [3.63, 3.8) is 0 Å². The van der Waals surface area contributed by atoms with Gasteiger partial charge in [0.05, 0.1) is 24.5 Å². The van der Waals surface area contributed by atoms with E-state index in [0.717, 1.165) is 33.5 Å². The standard InChI is InChI=1S/C21H22N4O2S/c1-15-13-19(24-21(22-15)18-3-2-12-28-18)23-17-6-4-16(5-7-17)14-20(26)25-8-10-27-11-9-25/h2-7,12-13H,8-11,14H2,1H3,(H,22,23,24). The van der Waals surface area contributed by atoms with Crippen molar-refractivity contribution in [2.45, 2.75) is 13.3 Å². The average molecular weight is 394 g/mol. The number of hydrogen-bond acceptors (Lipinski definition) is 6. The quantitative estimate of drug-likeness (QED) is 0.715. The SMILES string of the molecule is Cc1cc(Nc2ccc(CC(=O)N3CCOCC3)cc2)nc(-c2cccs2)n1. The van der Waals surface area contributed by atoms with Gasteiger partial charge in [-0.3, -0.25) is 4.79 Å². The molecule has 144 valence electrons. The molecular formula is C21H22N4O2S. The van der Waals surface area contributed by atoms with E-state index in [0.29, 0.717) is 32.7 Å². The van der Waals surface area contributed by atoms with Gasteiger partial charge in [0.2, 0.25) is 5.91 Å². The maximum atomic E-state index is 12.4. The normalized spacial score (nSPS) is 14.1. The minimum absolute atomic E-state index is 0.149. The molecule has 0 atom stereocenters. The predicted octanol–water partition coefficient (Wildman–Crippen LogP) is 3.66. The number of carbonyl (C=O) groups is 1. The van der Waals surface area contributed by atoms with Crippen LogP contribution in [0.2, 0.25) is 0 Å². The van der Waals surface area contributed by atoms with Crippen LogP contribution in [0.3, 0.4) is 0 Å². The van der Waals surface area contributed by atoms with Crippen LogP contribution < -0.4 is 5.32 Å². The highest BCUT2D eigenvalue weighted by Gasteiger charge is 2.16. The summed E-state index contributed by atoms with van der Waals surface area (Å²) in [5.41, 5.74) is 2.84.